The van der Waals surface area contributed by atoms with Gasteiger partial charge in [0.05, 0.1) is 0 Å². The zero-order valence-corrected chi connectivity index (χ0v) is 14.3. The van der Waals surface area contributed by atoms with Crippen LogP contribution >= 0.6 is 0 Å². The Morgan fingerprint density at radius 2 is 1.67 bits per heavy atom. The van der Waals surface area contributed by atoms with Crippen LogP contribution < -0.4 is 0 Å². The van der Waals surface area contributed by atoms with E-state index in [1.165, 1.54) is 0 Å². The molecule has 0 aliphatic rings. The monoisotopic (exact) mass is 262 g/mol. The van der Waals surface area contributed by atoms with Gasteiger partial charge in [-0.3, -0.25) is 0 Å². The van der Waals surface area contributed by atoms with Gasteiger partial charge in [0.2, 0.25) is 0 Å². The summed E-state index contributed by atoms with van der Waals surface area (Å²) in [6, 6.07) is 0.828. The van der Waals surface area contributed by atoms with Gasteiger partial charge in [-0.1, -0.05) is 20.8 Å². The van der Waals surface area contributed by atoms with Crippen molar-refractivity contribution in [2.75, 3.05) is 0 Å². The Balaban J connectivity index is 4.67. The molecule has 0 spiro atoms. The molecule has 0 aliphatic carbocycles. The highest BCUT2D eigenvalue weighted by molar-refractivity contribution is 6.89. The van der Waals surface area contributed by atoms with Gasteiger partial charge in [0.15, 0.2) is 16.6 Å². The van der Waals surface area contributed by atoms with Crippen molar-refractivity contribution < 1.29 is 8.58 Å². The summed E-state index contributed by atoms with van der Waals surface area (Å²) < 4.78 is 18.1. The van der Waals surface area contributed by atoms with Crippen LogP contribution in [0.3, 0.4) is 0 Å². The Morgan fingerprint density at radius 1 is 1.20 bits per heavy atom. The van der Waals surface area contributed by atoms with Gasteiger partial charge in [-0.2, -0.15) is 0 Å². The van der Waals surface area contributed by atoms with Crippen LogP contribution in [0.15, 0.2) is 0 Å². The van der Waals surface area contributed by atoms with Gasteiger partial charge < -0.3 is 8.58 Å². The molecular formula is C10H26O2Si3. The maximum Gasteiger partial charge on any atom is 0.275 e. The minimum atomic E-state index is -1.75. The third kappa shape index (κ3) is 5.89. The topological polar surface area (TPSA) is 26.3 Å². The highest BCUT2D eigenvalue weighted by atomic mass is 28.4. The number of hydrogen-bond acceptors (Lipinski definition) is 2. The number of hydrogen-bond donors (Lipinski definition) is 0. The summed E-state index contributed by atoms with van der Waals surface area (Å²) >= 11 is 0. The Bertz CT molecular complexity index is 223. The van der Waals surface area contributed by atoms with Gasteiger partial charge in [0.1, 0.15) is 0 Å². The van der Waals surface area contributed by atoms with E-state index in [-0.39, 0.29) is 0 Å². The van der Waals surface area contributed by atoms with Crippen molar-refractivity contribution in [1.29, 1.82) is 0 Å². The van der Waals surface area contributed by atoms with Gasteiger partial charge in [-0.15, -0.1) is 0 Å². The lowest BCUT2D eigenvalue weighted by Crippen LogP contribution is -2.48. The third-order valence-corrected chi connectivity index (χ3v) is 14.6. The van der Waals surface area contributed by atoms with Crippen LogP contribution in [-0.2, 0) is 8.58 Å². The second kappa shape index (κ2) is 5.65. The van der Waals surface area contributed by atoms with E-state index in [0.717, 1.165) is 11.7 Å². The molecule has 0 fully saturated rings. The minimum absolute atomic E-state index is 0.560. The Morgan fingerprint density at radius 3 is 1.93 bits per heavy atom. The van der Waals surface area contributed by atoms with Gasteiger partial charge in [0, 0.05) is 5.67 Å². The second-order valence-corrected chi connectivity index (χ2v) is 17.8. The van der Waals surface area contributed by atoms with Crippen molar-refractivity contribution in [3.8, 4) is 0 Å². The molecule has 0 aromatic heterocycles. The fourth-order valence-corrected chi connectivity index (χ4v) is 14.8. The summed E-state index contributed by atoms with van der Waals surface area (Å²) in [4.78, 5) is 0. The maximum absolute atomic E-state index is 11.8. The first-order valence-corrected chi connectivity index (χ1v) is 13.7. The Labute approximate surface area is 98.4 Å². The van der Waals surface area contributed by atoms with Crippen LogP contribution in [0, 0.1) is 0 Å². The van der Waals surface area contributed by atoms with Crippen molar-refractivity contribution in [2.24, 2.45) is 0 Å². The van der Waals surface area contributed by atoms with E-state index in [0.29, 0.717) is 5.54 Å². The van der Waals surface area contributed by atoms with E-state index in [1.54, 1.807) is 0 Å². The lowest BCUT2D eigenvalue weighted by atomic mass is 10.6. The van der Waals surface area contributed by atoms with Crippen LogP contribution in [0.4, 0.5) is 0 Å². The molecule has 1 unspecified atom stereocenters. The van der Waals surface area contributed by atoms with E-state index in [9.17, 15) is 4.46 Å². The summed E-state index contributed by atoms with van der Waals surface area (Å²) in [5, 5.41) is 0. The fraction of sp³-hybridized carbons (Fsp3) is 1.00. The second-order valence-electron chi connectivity index (χ2n) is 5.75. The molecule has 0 rings (SSSR count). The molecule has 0 heterocycles. The van der Waals surface area contributed by atoms with Crippen LogP contribution in [0.1, 0.15) is 20.8 Å². The van der Waals surface area contributed by atoms with Crippen molar-refractivity contribution in [2.45, 2.75) is 64.2 Å². The van der Waals surface area contributed by atoms with Crippen molar-refractivity contribution in [3.63, 3.8) is 0 Å². The van der Waals surface area contributed by atoms with Crippen LogP contribution in [-0.4, -0.2) is 25.3 Å². The molecule has 0 aliphatic heterocycles. The van der Waals surface area contributed by atoms with Crippen LogP contribution in [0.25, 0.3) is 0 Å². The SMILES string of the molecule is CC[Si](=O)C[Si](C)(O[Si](C)(C)C)C(C)C. The van der Waals surface area contributed by atoms with E-state index >= 15 is 0 Å². The molecule has 2 nitrogen and oxygen atoms in total. The van der Waals surface area contributed by atoms with Gasteiger partial charge in [-0.05, 0) is 37.8 Å². The van der Waals surface area contributed by atoms with Gasteiger partial charge in [0.25, 0.3) is 8.68 Å². The molecule has 0 aromatic rings. The first-order chi connectivity index (χ1) is 6.60. The molecule has 0 radical (unpaired) electrons. The quantitative estimate of drug-likeness (QED) is 0.681. The van der Waals surface area contributed by atoms with Crippen LogP contribution in [0.2, 0.25) is 43.4 Å². The van der Waals surface area contributed by atoms with Crippen molar-refractivity contribution in [1.82, 2.24) is 0 Å². The minimum Gasteiger partial charge on any atom is -0.455 e. The Hall–Kier alpha value is 0.411. The lowest BCUT2D eigenvalue weighted by molar-refractivity contribution is 0.522. The largest absolute Gasteiger partial charge is 0.455 e. The summed E-state index contributed by atoms with van der Waals surface area (Å²) in [6.07, 6.45) is 0. The third-order valence-electron chi connectivity index (χ3n) is 2.70. The predicted octanol–water partition coefficient (Wildman–Crippen LogP) is 3.80. The molecule has 0 saturated carbocycles. The predicted molar refractivity (Wildman–Crippen MR) is 72.9 cm³/mol. The molecule has 5 heteroatoms. The molecule has 90 valence electrons. The van der Waals surface area contributed by atoms with Gasteiger partial charge in [-0.25, -0.2) is 0 Å². The molecule has 0 N–H and O–H groups in total. The maximum atomic E-state index is 11.8. The summed E-state index contributed by atoms with van der Waals surface area (Å²) in [5.41, 5.74) is 1.43. The highest BCUT2D eigenvalue weighted by Gasteiger charge is 2.39. The highest BCUT2D eigenvalue weighted by Crippen LogP contribution is 2.29. The molecule has 0 amide bonds. The molecule has 1 atom stereocenters. The number of rotatable bonds is 6. The first kappa shape index (κ1) is 15.4. The molecule has 0 aromatic carbocycles. The standard InChI is InChI=1S/C10H26O2Si3/c1-8-13(11)9-15(7,10(2)3)12-14(4,5)6/h10H,8-9H2,1-7H3. The molecule has 15 heavy (non-hydrogen) atoms. The smallest absolute Gasteiger partial charge is 0.275 e. The summed E-state index contributed by atoms with van der Waals surface area (Å²) in [7, 11) is -4.64. The average Bonchev–Trinajstić information content (AvgIpc) is 2.00. The molecule has 0 bridgehead atoms. The fourth-order valence-electron chi connectivity index (χ4n) is 1.57. The first-order valence-electron chi connectivity index (χ1n) is 5.82. The Kier molecular flexibility index (Phi) is 5.81. The van der Waals surface area contributed by atoms with Crippen molar-refractivity contribution in [3.05, 3.63) is 0 Å². The van der Waals surface area contributed by atoms with E-state index in [1.807, 2.05) is 6.92 Å². The van der Waals surface area contributed by atoms with Gasteiger partial charge >= 0.3 is 0 Å². The normalized spacial score (nSPS) is 16.5. The zero-order valence-electron chi connectivity index (χ0n) is 11.3. The lowest BCUT2D eigenvalue weighted by Gasteiger charge is -2.37. The average molecular weight is 263 g/mol. The zero-order chi connectivity index (χ0) is 12.3. The van der Waals surface area contributed by atoms with Crippen molar-refractivity contribution >= 4 is 25.3 Å². The summed E-state index contributed by atoms with van der Waals surface area (Å²) in [6.45, 7) is 15.4. The summed E-state index contributed by atoms with van der Waals surface area (Å²) in [5.74, 6) is 0. The molecular weight excluding hydrogens is 236 g/mol. The molecule has 0 saturated heterocycles. The van der Waals surface area contributed by atoms with E-state index in [4.69, 9.17) is 4.12 Å². The van der Waals surface area contributed by atoms with E-state index < -0.39 is 25.3 Å². The van der Waals surface area contributed by atoms with Crippen LogP contribution in [0.5, 0.6) is 0 Å². The van der Waals surface area contributed by atoms with E-state index in [2.05, 4.69) is 40.0 Å².